The summed E-state index contributed by atoms with van der Waals surface area (Å²) in [6.07, 6.45) is -2.63. The maximum atomic E-state index is 12.9. The van der Waals surface area contributed by atoms with Gasteiger partial charge in [0.05, 0.1) is 12.7 Å². The van der Waals surface area contributed by atoms with Gasteiger partial charge in [-0.25, -0.2) is 0 Å². The van der Waals surface area contributed by atoms with E-state index in [2.05, 4.69) is 11.8 Å². The zero-order valence-electron chi connectivity index (χ0n) is 16.8. The van der Waals surface area contributed by atoms with Crippen molar-refractivity contribution in [1.29, 1.82) is 0 Å². The number of hydrogen-bond donors (Lipinski definition) is 1. The number of aryl methyl sites for hydroxylation is 1. The molecule has 2 aromatic rings. The predicted octanol–water partition coefficient (Wildman–Crippen LogP) is 5.78. The molecule has 1 aliphatic rings. The minimum Gasteiger partial charge on any atom is -0.504 e. The summed E-state index contributed by atoms with van der Waals surface area (Å²) < 4.78 is 43.7. The van der Waals surface area contributed by atoms with E-state index in [1.54, 1.807) is 12.1 Å². The lowest BCUT2D eigenvalue weighted by Gasteiger charge is -2.23. The van der Waals surface area contributed by atoms with Gasteiger partial charge in [0.1, 0.15) is 0 Å². The number of hydrogen-bond acceptors (Lipinski definition) is 3. The lowest BCUT2D eigenvalue weighted by Crippen LogP contribution is -2.28. The normalized spacial score (nSPS) is 14.8. The van der Waals surface area contributed by atoms with Gasteiger partial charge < -0.3 is 9.84 Å². The first kappa shape index (κ1) is 22.1. The molecule has 6 heteroatoms. The van der Waals surface area contributed by atoms with Gasteiger partial charge in [-0.2, -0.15) is 13.2 Å². The molecule has 0 radical (unpaired) electrons. The number of phenolic OH excluding ortho intramolecular Hbond substituents is 1. The molecule has 0 unspecified atom stereocenters. The van der Waals surface area contributed by atoms with Gasteiger partial charge in [-0.3, -0.25) is 4.90 Å². The molecule has 0 fully saturated rings. The molecule has 0 aliphatic carbocycles. The Labute approximate surface area is 164 Å². The number of alkyl halides is 3. The minimum atomic E-state index is -4.30. The van der Waals surface area contributed by atoms with E-state index in [9.17, 15) is 18.3 Å². The summed E-state index contributed by atoms with van der Waals surface area (Å²) in [5, 5.41) is 9.65. The van der Waals surface area contributed by atoms with Crippen LogP contribution in [0, 0.1) is 0 Å². The summed E-state index contributed by atoms with van der Waals surface area (Å²) in [5.41, 5.74) is 2.21. The Bertz CT molecular complexity index is 790. The monoisotopic (exact) mass is 395 g/mol. The third-order valence-electron chi connectivity index (χ3n) is 5.00. The zero-order valence-corrected chi connectivity index (χ0v) is 16.8. The lowest BCUT2D eigenvalue weighted by molar-refractivity contribution is -0.137. The van der Waals surface area contributed by atoms with Crippen LogP contribution in [0.2, 0.25) is 0 Å². The number of nitrogens with zero attached hydrogens (tertiary/aromatic N) is 1. The third-order valence-corrected chi connectivity index (χ3v) is 5.00. The fourth-order valence-corrected chi connectivity index (χ4v) is 3.34. The van der Waals surface area contributed by atoms with Crippen molar-refractivity contribution in [3.05, 3.63) is 58.7 Å². The van der Waals surface area contributed by atoms with Crippen LogP contribution in [0.15, 0.2) is 36.4 Å². The van der Waals surface area contributed by atoms with Gasteiger partial charge in [-0.15, -0.1) is 0 Å². The number of fused-ring (bicyclic) bond motifs is 1. The fourth-order valence-electron chi connectivity index (χ4n) is 3.34. The van der Waals surface area contributed by atoms with Crippen molar-refractivity contribution in [1.82, 2.24) is 4.90 Å². The van der Waals surface area contributed by atoms with Crippen molar-refractivity contribution in [2.75, 3.05) is 7.11 Å². The van der Waals surface area contributed by atoms with Gasteiger partial charge in [-0.05, 0) is 60.7 Å². The van der Waals surface area contributed by atoms with E-state index < -0.39 is 11.7 Å². The Morgan fingerprint density at radius 2 is 1.75 bits per heavy atom. The average molecular weight is 395 g/mol. The maximum absolute atomic E-state index is 12.9. The van der Waals surface area contributed by atoms with E-state index in [1.807, 2.05) is 26.0 Å². The Hall–Kier alpha value is -2.21. The molecule has 0 saturated carbocycles. The Kier molecular flexibility index (Phi) is 7.35. The second kappa shape index (κ2) is 9.32. The molecular weight excluding hydrogens is 367 g/mol. The molecule has 3 nitrogen and oxygen atoms in total. The average Bonchev–Trinajstić information content (AvgIpc) is 3.11. The third kappa shape index (κ3) is 5.19. The summed E-state index contributed by atoms with van der Waals surface area (Å²) in [6, 6.07) is 9.55. The number of halogens is 3. The van der Waals surface area contributed by atoms with E-state index in [0.717, 1.165) is 35.6 Å². The van der Waals surface area contributed by atoms with Gasteiger partial charge in [0.2, 0.25) is 0 Å². The minimum absolute atomic E-state index is 0.111. The number of phenols is 1. The molecule has 0 aromatic heterocycles. The van der Waals surface area contributed by atoms with Crippen molar-refractivity contribution in [3.63, 3.8) is 0 Å². The molecule has 28 heavy (non-hydrogen) atoms. The molecule has 1 N–H and O–H groups in total. The van der Waals surface area contributed by atoms with Crippen molar-refractivity contribution in [2.45, 2.75) is 58.9 Å². The number of benzene rings is 2. The van der Waals surface area contributed by atoms with Crippen LogP contribution in [0.1, 0.15) is 49.4 Å². The highest BCUT2D eigenvalue weighted by atomic mass is 19.4. The Morgan fingerprint density at radius 3 is 2.39 bits per heavy atom. The molecule has 0 spiro atoms. The van der Waals surface area contributed by atoms with Gasteiger partial charge >= 0.3 is 6.18 Å². The summed E-state index contributed by atoms with van der Waals surface area (Å²) in [5.74, 6) is 0.558. The molecule has 0 amide bonds. The van der Waals surface area contributed by atoms with E-state index in [1.165, 1.54) is 13.2 Å². The Balaban J connectivity index is 0.00000136. The van der Waals surface area contributed by atoms with Crippen LogP contribution in [-0.4, -0.2) is 23.2 Å². The second-order valence-corrected chi connectivity index (χ2v) is 6.78. The van der Waals surface area contributed by atoms with Gasteiger partial charge in [0.25, 0.3) is 0 Å². The topological polar surface area (TPSA) is 32.7 Å². The standard InChI is InChI=1S/C20H22F3NO2.C2H6/c1-13(3-4-14-5-8-18(25)19(9-14)26-2)24-11-15-6-7-17(20(21,22)23)10-16(15)12-24;1-2/h5-10,13,25H,3-4,11-12H2,1-2H3;1-2H3/t13-;/m1./s1. The SMILES string of the molecule is CC.COc1cc(CC[C@@H](C)N2Cc3ccc(C(F)(F)F)cc3C2)ccc1O. The number of aromatic hydroxyl groups is 1. The van der Waals surface area contributed by atoms with Crippen LogP contribution < -0.4 is 4.74 Å². The molecule has 0 saturated heterocycles. The van der Waals surface area contributed by atoms with Crippen LogP contribution in [0.4, 0.5) is 13.2 Å². The van der Waals surface area contributed by atoms with Crippen molar-refractivity contribution >= 4 is 0 Å². The van der Waals surface area contributed by atoms with Crippen LogP contribution in [0.25, 0.3) is 0 Å². The molecule has 0 bridgehead atoms. The highest BCUT2D eigenvalue weighted by Crippen LogP contribution is 2.34. The summed E-state index contributed by atoms with van der Waals surface area (Å²) in [6.45, 7) is 7.31. The first-order valence-corrected chi connectivity index (χ1v) is 9.57. The number of rotatable bonds is 5. The highest BCUT2D eigenvalue weighted by Gasteiger charge is 2.32. The van der Waals surface area contributed by atoms with E-state index in [0.29, 0.717) is 18.8 Å². The van der Waals surface area contributed by atoms with Crippen molar-refractivity contribution in [2.24, 2.45) is 0 Å². The highest BCUT2D eigenvalue weighted by molar-refractivity contribution is 5.41. The van der Waals surface area contributed by atoms with Crippen LogP contribution in [0.5, 0.6) is 11.5 Å². The smallest absolute Gasteiger partial charge is 0.416 e. The molecule has 3 rings (SSSR count). The van der Waals surface area contributed by atoms with Crippen LogP contribution in [-0.2, 0) is 25.7 Å². The van der Waals surface area contributed by atoms with E-state index >= 15 is 0 Å². The quantitative estimate of drug-likeness (QED) is 0.696. The van der Waals surface area contributed by atoms with Crippen LogP contribution >= 0.6 is 0 Å². The van der Waals surface area contributed by atoms with Gasteiger partial charge in [0.15, 0.2) is 11.5 Å². The molecule has 1 atom stereocenters. The van der Waals surface area contributed by atoms with Crippen LogP contribution in [0.3, 0.4) is 0 Å². The first-order valence-electron chi connectivity index (χ1n) is 9.57. The van der Waals surface area contributed by atoms with E-state index in [-0.39, 0.29) is 11.8 Å². The van der Waals surface area contributed by atoms with Crippen molar-refractivity contribution in [3.8, 4) is 11.5 Å². The zero-order chi connectivity index (χ0) is 20.9. The molecule has 2 aromatic carbocycles. The Morgan fingerprint density at radius 1 is 1.07 bits per heavy atom. The van der Waals surface area contributed by atoms with Crippen molar-refractivity contribution < 1.29 is 23.0 Å². The molecule has 1 aliphatic heterocycles. The fraction of sp³-hybridized carbons (Fsp3) is 0.455. The maximum Gasteiger partial charge on any atom is 0.416 e. The van der Waals surface area contributed by atoms with E-state index in [4.69, 9.17) is 4.74 Å². The first-order chi connectivity index (χ1) is 13.3. The predicted molar refractivity (Wildman–Crippen MR) is 104 cm³/mol. The van der Waals surface area contributed by atoms with Gasteiger partial charge in [0, 0.05) is 19.1 Å². The van der Waals surface area contributed by atoms with Gasteiger partial charge in [-0.1, -0.05) is 26.0 Å². The summed E-state index contributed by atoms with van der Waals surface area (Å²) in [7, 11) is 1.51. The molecule has 154 valence electrons. The largest absolute Gasteiger partial charge is 0.504 e. The number of methoxy groups -OCH3 is 1. The number of ether oxygens (including phenoxy) is 1. The second-order valence-electron chi connectivity index (χ2n) is 6.78. The lowest BCUT2D eigenvalue weighted by atomic mass is 10.0. The molecule has 1 heterocycles. The molecular formula is C22H28F3NO2. The summed E-state index contributed by atoms with van der Waals surface area (Å²) in [4.78, 5) is 2.20. The summed E-state index contributed by atoms with van der Waals surface area (Å²) >= 11 is 0.